The van der Waals surface area contributed by atoms with Gasteiger partial charge in [-0.2, -0.15) is 12.6 Å². The number of hydrogen-bond acceptors (Lipinski definition) is 2. The molecule has 0 aromatic rings. The van der Waals surface area contributed by atoms with Crippen molar-refractivity contribution < 1.29 is 9.90 Å². The zero-order valence-electron chi connectivity index (χ0n) is 12.1. The molecule has 2 nitrogen and oxygen atoms in total. The van der Waals surface area contributed by atoms with E-state index in [0.717, 1.165) is 18.6 Å². The van der Waals surface area contributed by atoms with Crippen LogP contribution in [0.15, 0.2) is 12.2 Å². The maximum atomic E-state index is 10.2. The van der Waals surface area contributed by atoms with Crippen molar-refractivity contribution in [1.29, 1.82) is 0 Å². The molecule has 0 aromatic carbocycles. The molecule has 0 aliphatic carbocycles. The first-order chi connectivity index (χ1) is 9.27. The predicted octanol–water partition coefficient (Wildman–Crippen LogP) is 5.24. The molecular weight excluding hydrogens is 256 g/mol. The van der Waals surface area contributed by atoms with E-state index in [4.69, 9.17) is 5.11 Å². The second kappa shape index (κ2) is 15.6. The van der Waals surface area contributed by atoms with E-state index < -0.39 is 5.97 Å². The normalized spacial score (nSPS) is 11.2. The Morgan fingerprint density at radius 3 is 1.63 bits per heavy atom. The number of hydrogen-bond donors (Lipinski definition) is 2. The Hall–Kier alpha value is -0.440. The zero-order valence-corrected chi connectivity index (χ0v) is 13.0. The van der Waals surface area contributed by atoms with Crippen LogP contribution in [-0.4, -0.2) is 16.8 Å². The van der Waals surface area contributed by atoms with Crippen molar-refractivity contribution in [3.63, 3.8) is 0 Å². The summed E-state index contributed by atoms with van der Waals surface area (Å²) in [5.74, 6) is 0.191. The van der Waals surface area contributed by atoms with Crippen LogP contribution < -0.4 is 0 Å². The van der Waals surface area contributed by atoms with Crippen molar-refractivity contribution in [3.8, 4) is 0 Å². The third kappa shape index (κ3) is 17.6. The van der Waals surface area contributed by atoms with Gasteiger partial charge in [-0.1, -0.05) is 63.9 Å². The Morgan fingerprint density at radius 1 is 0.789 bits per heavy atom. The van der Waals surface area contributed by atoms with Gasteiger partial charge in [-0.3, -0.25) is 0 Å². The minimum absolute atomic E-state index is 0.839. The molecule has 19 heavy (non-hydrogen) atoms. The fourth-order valence-corrected chi connectivity index (χ4v) is 2.37. The zero-order chi connectivity index (χ0) is 14.2. The third-order valence-corrected chi connectivity index (χ3v) is 3.61. The van der Waals surface area contributed by atoms with Crippen LogP contribution in [0, 0.1) is 0 Å². The Balaban J connectivity index is 3.01. The van der Waals surface area contributed by atoms with Crippen LogP contribution in [0.4, 0.5) is 0 Å². The molecule has 0 aromatic heterocycles. The highest BCUT2D eigenvalue weighted by atomic mass is 32.1. The molecule has 0 radical (unpaired) electrons. The van der Waals surface area contributed by atoms with Gasteiger partial charge >= 0.3 is 5.97 Å². The molecule has 0 aliphatic rings. The van der Waals surface area contributed by atoms with Crippen LogP contribution in [0.3, 0.4) is 0 Å². The van der Waals surface area contributed by atoms with Crippen LogP contribution in [-0.2, 0) is 4.79 Å². The minimum atomic E-state index is -0.839. The molecule has 0 heterocycles. The van der Waals surface area contributed by atoms with Gasteiger partial charge in [-0.25, -0.2) is 4.79 Å². The third-order valence-electron chi connectivity index (χ3n) is 3.29. The van der Waals surface area contributed by atoms with Crippen molar-refractivity contribution in [1.82, 2.24) is 0 Å². The summed E-state index contributed by atoms with van der Waals surface area (Å²) in [6, 6.07) is 0. The van der Waals surface area contributed by atoms with E-state index in [1.54, 1.807) is 6.08 Å². The molecule has 0 unspecified atom stereocenters. The monoisotopic (exact) mass is 286 g/mol. The fourth-order valence-electron chi connectivity index (χ4n) is 2.15. The Morgan fingerprint density at radius 2 is 1.21 bits per heavy atom. The van der Waals surface area contributed by atoms with Crippen molar-refractivity contribution in [3.05, 3.63) is 12.2 Å². The predicted molar refractivity (Wildman–Crippen MR) is 86.0 cm³/mol. The number of allylic oxidation sites excluding steroid dienone is 1. The number of carboxylic acid groups (broad SMARTS) is 1. The maximum absolute atomic E-state index is 10.2. The lowest BCUT2D eigenvalue weighted by atomic mass is 10.1. The topological polar surface area (TPSA) is 37.3 Å². The van der Waals surface area contributed by atoms with Crippen molar-refractivity contribution in [2.24, 2.45) is 0 Å². The average Bonchev–Trinajstić information content (AvgIpc) is 2.39. The maximum Gasteiger partial charge on any atom is 0.327 e. The number of thiol groups is 1. The number of carboxylic acids is 1. The molecule has 0 atom stereocenters. The summed E-state index contributed by atoms with van der Waals surface area (Å²) in [5, 5.41) is 8.41. The van der Waals surface area contributed by atoms with Crippen LogP contribution in [0.25, 0.3) is 0 Å². The summed E-state index contributed by atoms with van der Waals surface area (Å²) in [7, 11) is 0. The van der Waals surface area contributed by atoms with Crippen molar-refractivity contribution in [2.75, 3.05) is 5.75 Å². The SMILES string of the molecule is O=C(O)/C=C/CCCCCCCCCCCCCS. The lowest BCUT2D eigenvalue weighted by Gasteiger charge is -2.02. The largest absolute Gasteiger partial charge is 0.478 e. The Bertz CT molecular complexity index is 227. The molecule has 0 fully saturated rings. The van der Waals surface area contributed by atoms with E-state index >= 15 is 0 Å². The highest BCUT2D eigenvalue weighted by molar-refractivity contribution is 7.80. The first kappa shape index (κ1) is 18.6. The van der Waals surface area contributed by atoms with Gasteiger partial charge < -0.3 is 5.11 Å². The van der Waals surface area contributed by atoms with Crippen LogP contribution in [0.5, 0.6) is 0 Å². The van der Waals surface area contributed by atoms with Crippen LogP contribution >= 0.6 is 12.6 Å². The van der Waals surface area contributed by atoms with E-state index in [1.807, 2.05) is 0 Å². The molecule has 0 saturated carbocycles. The molecule has 0 bridgehead atoms. The Labute approximate surface area is 124 Å². The quantitative estimate of drug-likeness (QED) is 0.260. The molecule has 0 spiro atoms. The molecule has 1 N–H and O–H groups in total. The van der Waals surface area contributed by atoms with Gasteiger partial charge in [0.25, 0.3) is 0 Å². The molecule has 0 aliphatic heterocycles. The van der Waals surface area contributed by atoms with Crippen molar-refractivity contribution in [2.45, 2.75) is 77.0 Å². The van der Waals surface area contributed by atoms with Gasteiger partial charge in [0.1, 0.15) is 0 Å². The minimum Gasteiger partial charge on any atom is -0.478 e. The first-order valence-corrected chi connectivity index (χ1v) is 8.41. The summed E-state index contributed by atoms with van der Waals surface area (Å²) in [4.78, 5) is 10.2. The first-order valence-electron chi connectivity index (χ1n) is 7.77. The smallest absolute Gasteiger partial charge is 0.327 e. The second-order valence-corrected chi connectivity index (χ2v) is 5.59. The van der Waals surface area contributed by atoms with E-state index in [2.05, 4.69) is 12.6 Å². The highest BCUT2D eigenvalue weighted by Gasteiger charge is 1.93. The fraction of sp³-hybridized carbons (Fsp3) is 0.812. The summed E-state index contributed by atoms with van der Waals surface area (Å²) < 4.78 is 0. The average molecular weight is 286 g/mol. The second-order valence-electron chi connectivity index (χ2n) is 5.14. The van der Waals surface area contributed by atoms with Gasteiger partial charge in [0.05, 0.1) is 0 Å². The number of aliphatic carboxylic acids is 1. The number of carbonyl (C=O) groups is 1. The molecule has 0 amide bonds. The summed E-state index contributed by atoms with van der Waals surface area (Å²) in [5.41, 5.74) is 0. The summed E-state index contributed by atoms with van der Waals surface area (Å²) >= 11 is 4.21. The molecule has 3 heteroatoms. The number of rotatable bonds is 14. The van der Waals surface area contributed by atoms with Gasteiger partial charge in [0.15, 0.2) is 0 Å². The lowest BCUT2D eigenvalue weighted by Crippen LogP contribution is -1.86. The molecular formula is C16H30O2S. The van der Waals surface area contributed by atoms with Crippen LogP contribution in [0.1, 0.15) is 77.0 Å². The van der Waals surface area contributed by atoms with E-state index in [9.17, 15) is 4.79 Å². The lowest BCUT2D eigenvalue weighted by molar-refractivity contribution is -0.131. The standard InChI is InChI=1S/C16H30O2S/c17-16(18)14-12-10-8-6-4-2-1-3-5-7-9-11-13-15-19/h12,14,19H,1-11,13,15H2,(H,17,18)/b14-12+. The van der Waals surface area contributed by atoms with Gasteiger partial charge in [-0.05, 0) is 25.0 Å². The molecule has 0 saturated heterocycles. The van der Waals surface area contributed by atoms with E-state index in [-0.39, 0.29) is 0 Å². The highest BCUT2D eigenvalue weighted by Crippen LogP contribution is 2.12. The summed E-state index contributed by atoms with van der Waals surface area (Å²) in [6.07, 6.45) is 18.3. The van der Waals surface area contributed by atoms with Crippen molar-refractivity contribution >= 4 is 18.6 Å². The van der Waals surface area contributed by atoms with Gasteiger partial charge in [0.2, 0.25) is 0 Å². The van der Waals surface area contributed by atoms with E-state index in [0.29, 0.717) is 0 Å². The van der Waals surface area contributed by atoms with E-state index in [1.165, 1.54) is 70.3 Å². The van der Waals surface area contributed by atoms with Crippen LogP contribution in [0.2, 0.25) is 0 Å². The summed E-state index contributed by atoms with van der Waals surface area (Å²) in [6.45, 7) is 0. The van der Waals surface area contributed by atoms with Gasteiger partial charge in [-0.15, -0.1) is 0 Å². The number of unbranched alkanes of at least 4 members (excludes halogenated alkanes) is 11. The Kier molecular flexibility index (Phi) is 15.3. The molecule has 112 valence electrons. The molecule has 0 rings (SSSR count). The van der Waals surface area contributed by atoms with Gasteiger partial charge in [0, 0.05) is 6.08 Å².